The molecule has 0 N–H and O–H groups in total. The molecule has 0 aliphatic heterocycles. The first-order chi connectivity index (χ1) is 3.81. The summed E-state index contributed by atoms with van der Waals surface area (Å²) in [5.41, 5.74) is 0. The van der Waals surface area contributed by atoms with Gasteiger partial charge >= 0.3 is 5.97 Å². The molecule has 3 heteroatoms. The zero-order valence-electron chi connectivity index (χ0n) is 4.59. The van der Waals surface area contributed by atoms with Crippen molar-refractivity contribution < 1.29 is 14.6 Å². The second kappa shape index (κ2) is 4.33. The Morgan fingerprint density at radius 3 is 2.75 bits per heavy atom. The van der Waals surface area contributed by atoms with E-state index in [2.05, 4.69) is 4.74 Å². The third-order valence-electron chi connectivity index (χ3n) is 0.453. The van der Waals surface area contributed by atoms with Crippen molar-refractivity contribution >= 4 is 5.97 Å². The van der Waals surface area contributed by atoms with Crippen LogP contribution in [0.3, 0.4) is 0 Å². The van der Waals surface area contributed by atoms with E-state index in [0.29, 0.717) is 0 Å². The summed E-state index contributed by atoms with van der Waals surface area (Å²) in [6, 6.07) is 0. The van der Waals surface area contributed by atoms with Crippen molar-refractivity contribution in [2.24, 2.45) is 0 Å². The maximum atomic E-state index is 9.98. The minimum Gasteiger partial charge on any atom is -0.433 e. The molecule has 0 unspecified atom stereocenters. The van der Waals surface area contributed by atoms with Crippen LogP contribution in [-0.4, -0.2) is 12.6 Å². The lowest BCUT2D eigenvalue weighted by molar-refractivity contribution is -0.143. The molecule has 0 aliphatic carbocycles. The van der Waals surface area contributed by atoms with Gasteiger partial charge in [0.1, 0.15) is 0 Å². The topological polar surface area (TPSA) is 46.2 Å². The van der Waals surface area contributed by atoms with Crippen molar-refractivity contribution in [1.82, 2.24) is 0 Å². The zero-order valence-corrected chi connectivity index (χ0v) is 4.59. The average Bonchev–Trinajstić information content (AvgIpc) is 1.83. The highest BCUT2D eigenvalue weighted by Crippen LogP contribution is 1.77. The van der Waals surface area contributed by atoms with Gasteiger partial charge in [-0.1, -0.05) is 6.08 Å². The van der Waals surface area contributed by atoms with E-state index in [1.165, 1.54) is 12.3 Å². The largest absolute Gasteiger partial charge is 0.433 e. The summed E-state index contributed by atoms with van der Waals surface area (Å²) < 4.78 is 4.21. The van der Waals surface area contributed by atoms with Crippen LogP contribution < -0.4 is 0 Å². The van der Waals surface area contributed by atoms with Gasteiger partial charge < -0.3 is 4.74 Å². The van der Waals surface area contributed by atoms with E-state index in [4.69, 9.17) is 0 Å². The van der Waals surface area contributed by atoms with E-state index in [-0.39, 0.29) is 0 Å². The number of esters is 1. The molecule has 0 atom stereocenters. The Kier molecular flexibility index (Phi) is 3.88. The van der Waals surface area contributed by atoms with Crippen LogP contribution in [0.2, 0.25) is 0 Å². The van der Waals surface area contributed by atoms with E-state index < -0.39 is 12.6 Å². The Morgan fingerprint density at radius 1 is 1.75 bits per heavy atom. The van der Waals surface area contributed by atoms with Gasteiger partial charge in [-0.05, 0) is 6.92 Å². The molecule has 0 fully saturated rings. The van der Waals surface area contributed by atoms with Gasteiger partial charge in [0.25, 0.3) is 0 Å². The number of allylic oxidation sites excluding steroid dienone is 1. The van der Waals surface area contributed by atoms with E-state index in [0.717, 1.165) is 0 Å². The van der Waals surface area contributed by atoms with Crippen LogP contribution in [0.15, 0.2) is 12.3 Å². The van der Waals surface area contributed by atoms with E-state index >= 15 is 0 Å². The maximum absolute atomic E-state index is 9.98. The standard InChI is InChI=1S/C5H7O3/c1-2-3-8-5(7)4-6/h2-3H,4H2,1H3/b3-2-. The van der Waals surface area contributed by atoms with Crippen LogP contribution in [0.5, 0.6) is 0 Å². The van der Waals surface area contributed by atoms with Gasteiger partial charge in [-0.3, -0.25) is 0 Å². The molecule has 1 radical (unpaired) electrons. The van der Waals surface area contributed by atoms with E-state index in [9.17, 15) is 9.90 Å². The predicted octanol–water partition coefficient (Wildman–Crippen LogP) is 0.494. The van der Waals surface area contributed by atoms with Crippen LogP contribution >= 0.6 is 0 Å². The molecular weight excluding hydrogens is 108 g/mol. The number of carbonyl (C=O) groups excluding carboxylic acids is 1. The van der Waals surface area contributed by atoms with Crippen molar-refractivity contribution in [3.63, 3.8) is 0 Å². The van der Waals surface area contributed by atoms with Crippen molar-refractivity contribution in [1.29, 1.82) is 0 Å². The van der Waals surface area contributed by atoms with Crippen molar-refractivity contribution in [3.8, 4) is 0 Å². The van der Waals surface area contributed by atoms with Gasteiger partial charge in [-0.15, -0.1) is 0 Å². The first kappa shape index (κ1) is 7.17. The summed E-state index contributed by atoms with van der Waals surface area (Å²) in [6.07, 6.45) is 2.72. The Labute approximate surface area is 47.6 Å². The summed E-state index contributed by atoms with van der Waals surface area (Å²) >= 11 is 0. The lowest BCUT2D eigenvalue weighted by Gasteiger charge is -1.88. The number of ether oxygens (including phenoxy) is 1. The molecule has 0 aromatic heterocycles. The van der Waals surface area contributed by atoms with Crippen LogP contribution in [-0.2, 0) is 14.6 Å². The Bertz CT molecular complexity index is 95.8. The van der Waals surface area contributed by atoms with Crippen LogP contribution in [0.4, 0.5) is 0 Å². The minimum absolute atomic E-state index is 0.747. The molecule has 8 heavy (non-hydrogen) atoms. The number of hydrogen-bond acceptors (Lipinski definition) is 2. The van der Waals surface area contributed by atoms with Crippen molar-refractivity contribution in [2.75, 3.05) is 6.61 Å². The first-order valence-corrected chi connectivity index (χ1v) is 2.20. The SMILES string of the molecule is C/C=C\OC(=O)C[O]. The van der Waals surface area contributed by atoms with Gasteiger partial charge in [0, 0.05) is 0 Å². The molecule has 0 saturated carbocycles. The average molecular weight is 115 g/mol. The lowest BCUT2D eigenvalue weighted by atomic mass is 10.7. The molecule has 0 amide bonds. The van der Waals surface area contributed by atoms with Gasteiger partial charge in [0.05, 0.1) is 6.26 Å². The molecule has 3 nitrogen and oxygen atoms in total. The molecule has 0 heterocycles. The zero-order chi connectivity index (χ0) is 6.41. The molecular formula is C5H7O3. The van der Waals surface area contributed by atoms with Crippen LogP contribution in [0.25, 0.3) is 0 Å². The monoisotopic (exact) mass is 115 g/mol. The fraction of sp³-hybridized carbons (Fsp3) is 0.400. The summed E-state index contributed by atoms with van der Waals surface area (Å²) in [5.74, 6) is -0.747. The fourth-order valence-electron chi connectivity index (χ4n) is 0.178. The first-order valence-electron chi connectivity index (χ1n) is 2.20. The van der Waals surface area contributed by atoms with E-state index in [1.54, 1.807) is 6.92 Å². The lowest BCUT2D eigenvalue weighted by Crippen LogP contribution is -2.02. The molecule has 0 spiro atoms. The summed E-state index contributed by atoms with van der Waals surface area (Å²) in [7, 11) is 0. The normalized spacial score (nSPS) is 9.75. The maximum Gasteiger partial charge on any atom is 0.340 e. The van der Waals surface area contributed by atoms with Crippen LogP contribution in [0.1, 0.15) is 6.92 Å². The Balaban J connectivity index is 3.25. The number of carbonyl (C=O) groups is 1. The minimum atomic E-state index is -0.815. The van der Waals surface area contributed by atoms with Crippen molar-refractivity contribution in [2.45, 2.75) is 6.92 Å². The number of hydrogen-bond donors (Lipinski definition) is 0. The fourth-order valence-corrected chi connectivity index (χ4v) is 0.178. The third kappa shape index (κ3) is 3.36. The molecule has 0 aromatic rings. The summed E-state index contributed by atoms with van der Waals surface area (Å²) in [6.45, 7) is 0.877. The third-order valence-corrected chi connectivity index (χ3v) is 0.453. The van der Waals surface area contributed by atoms with Gasteiger partial charge in [0.15, 0.2) is 6.61 Å². The summed E-state index contributed by atoms with van der Waals surface area (Å²) in [5, 5.41) is 9.63. The molecule has 45 valence electrons. The van der Waals surface area contributed by atoms with E-state index in [1.807, 2.05) is 0 Å². The summed E-state index contributed by atoms with van der Waals surface area (Å²) in [4.78, 5) is 9.98. The van der Waals surface area contributed by atoms with Gasteiger partial charge in [0.2, 0.25) is 0 Å². The molecule has 0 aliphatic rings. The quantitative estimate of drug-likeness (QED) is 0.388. The highest BCUT2D eigenvalue weighted by molar-refractivity contribution is 5.70. The second-order valence-electron chi connectivity index (χ2n) is 1.10. The highest BCUT2D eigenvalue weighted by atomic mass is 16.5. The number of rotatable bonds is 2. The van der Waals surface area contributed by atoms with Gasteiger partial charge in [-0.2, -0.15) is 0 Å². The Hall–Kier alpha value is -0.830. The predicted molar refractivity (Wildman–Crippen MR) is 26.5 cm³/mol. The molecule has 0 aromatic carbocycles. The van der Waals surface area contributed by atoms with Crippen LogP contribution in [0, 0.1) is 0 Å². The molecule has 0 rings (SSSR count). The van der Waals surface area contributed by atoms with Gasteiger partial charge in [-0.25, -0.2) is 9.90 Å². The molecule has 0 bridgehead atoms. The smallest absolute Gasteiger partial charge is 0.340 e. The van der Waals surface area contributed by atoms with Crippen molar-refractivity contribution in [3.05, 3.63) is 12.3 Å². The Morgan fingerprint density at radius 2 is 2.38 bits per heavy atom. The molecule has 0 saturated heterocycles. The highest BCUT2D eigenvalue weighted by Gasteiger charge is 1.94. The second-order valence-corrected chi connectivity index (χ2v) is 1.10.